The van der Waals surface area contributed by atoms with E-state index >= 15 is 0 Å². The van der Waals surface area contributed by atoms with E-state index in [2.05, 4.69) is 22.4 Å². The number of likely N-dealkylation sites (tertiary alicyclic amines) is 1. The molecule has 4 rings (SSSR count). The Labute approximate surface area is 189 Å². The third-order valence-corrected chi connectivity index (χ3v) is 6.31. The first-order valence-corrected chi connectivity index (χ1v) is 11.2. The molecule has 5 nitrogen and oxygen atoms in total. The first kappa shape index (κ1) is 21.8. The SMILES string of the molecule is CCC(=O)N1CC[C@@](Cc2ccccc2-c2cccnc2)(C(=O)NCc2ccccc2)C1. The standard InChI is InChI=1S/C27H29N3O2/c1-2-25(31)30-16-14-27(20-30,26(32)29-18-21-9-4-3-5-10-21)17-22-11-6-7-13-24(22)23-12-8-15-28-19-23/h3-13,15,19H,2,14,16-18,20H2,1H3,(H,29,32)/t27-/m0/s1. The van der Waals surface area contributed by atoms with E-state index in [1.807, 2.05) is 72.6 Å². The van der Waals surface area contributed by atoms with Gasteiger partial charge in [-0.1, -0.05) is 67.6 Å². The molecule has 3 aromatic rings. The van der Waals surface area contributed by atoms with E-state index in [-0.39, 0.29) is 11.8 Å². The zero-order chi connectivity index (χ0) is 22.4. The number of pyridine rings is 1. The molecule has 2 amide bonds. The zero-order valence-corrected chi connectivity index (χ0v) is 18.5. The lowest BCUT2D eigenvalue weighted by Gasteiger charge is -2.29. The number of hydrogen-bond acceptors (Lipinski definition) is 3. The summed E-state index contributed by atoms with van der Waals surface area (Å²) in [5.41, 5.74) is 3.61. The Morgan fingerprint density at radius 2 is 1.81 bits per heavy atom. The van der Waals surface area contributed by atoms with Crippen molar-refractivity contribution < 1.29 is 9.59 Å². The topological polar surface area (TPSA) is 62.3 Å². The number of rotatable bonds is 7. The Morgan fingerprint density at radius 1 is 1.03 bits per heavy atom. The average Bonchev–Trinajstić information content (AvgIpc) is 3.29. The fourth-order valence-electron chi connectivity index (χ4n) is 4.53. The first-order chi connectivity index (χ1) is 15.6. The van der Waals surface area contributed by atoms with Crippen LogP contribution in [0.2, 0.25) is 0 Å². The van der Waals surface area contributed by atoms with Gasteiger partial charge in [-0.2, -0.15) is 0 Å². The van der Waals surface area contributed by atoms with Gasteiger partial charge in [0.1, 0.15) is 0 Å². The van der Waals surface area contributed by atoms with Gasteiger partial charge in [-0.05, 0) is 35.6 Å². The van der Waals surface area contributed by atoms with Crippen LogP contribution in [0.3, 0.4) is 0 Å². The van der Waals surface area contributed by atoms with Gasteiger partial charge in [-0.15, -0.1) is 0 Å². The number of carbonyl (C=O) groups excluding carboxylic acids is 2. The van der Waals surface area contributed by atoms with E-state index in [1.165, 1.54) is 0 Å². The Kier molecular flexibility index (Phi) is 6.64. The van der Waals surface area contributed by atoms with Gasteiger partial charge < -0.3 is 10.2 Å². The van der Waals surface area contributed by atoms with Crippen molar-refractivity contribution >= 4 is 11.8 Å². The summed E-state index contributed by atoms with van der Waals surface area (Å²) < 4.78 is 0. The van der Waals surface area contributed by atoms with Crippen LogP contribution < -0.4 is 5.32 Å². The van der Waals surface area contributed by atoms with Gasteiger partial charge in [0, 0.05) is 44.0 Å². The monoisotopic (exact) mass is 427 g/mol. The van der Waals surface area contributed by atoms with Crippen molar-refractivity contribution in [3.8, 4) is 11.1 Å². The van der Waals surface area contributed by atoms with E-state index in [0.717, 1.165) is 22.3 Å². The van der Waals surface area contributed by atoms with Crippen LogP contribution in [-0.4, -0.2) is 34.8 Å². The average molecular weight is 428 g/mol. The molecule has 1 atom stereocenters. The largest absolute Gasteiger partial charge is 0.351 e. The molecule has 1 aromatic heterocycles. The molecule has 5 heteroatoms. The van der Waals surface area contributed by atoms with Crippen LogP contribution >= 0.6 is 0 Å². The highest BCUT2D eigenvalue weighted by molar-refractivity contribution is 5.86. The number of hydrogen-bond donors (Lipinski definition) is 1. The molecule has 0 saturated carbocycles. The van der Waals surface area contributed by atoms with Crippen LogP contribution in [0.4, 0.5) is 0 Å². The molecule has 0 spiro atoms. The van der Waals surface area contributed by atoms with Crippen molar-refractivity contribution in [3.63, 3.8) is 0 Å². The Bertz CT molecular complexity index is 1070. The van der Waals surface area contributed by atoms with Crippen LogP contribution in [0.1, 0.15) is 30.9 Å². The maximum atomic E-state index is 13.6. The highest BCUT2D eigenvalue weighted by Gasteiger charge is 2.45. The maximum Gasteiger partial charge on any atom is 0.228 e. The van der Waals surface area contributed by atoms with E-state index < -0.39 is 5.41 Å². The highest BCUT2D eigenvalue weighted by atomic mass is 16.2. The van der Waals surface area contributed by atoms with Crippen molar-refractivity contribution in [2.24, 2.45) is 5.41 Å². The fourth-order valence-corrected chi connectivity index (χ4v) is 4.53. The second-order valence-electron chi connectivity index (χ2n) is 8.44. The molecular weight excluding hydrogens is 398 g/mol. The number of carbonyl (C=O) groups is 2. The molecule has 1 aliphatic heterocycles. The molecule has 0 bridgehead atoms. The summed E-state index contributed by atoms with van der Waals surface area (Å²) in [4.78, 5) is 32.1. The van der Waals surface area contributed by atoms with E-state index in [0.29, 0.717) is 38.9 Å². The van der Waals surface area contributed by atoms with Gasteiger partial charge >= 0.3 is 0 Å². The summed E-state index contributed by atoms with van der Waals surface area (Å²) in [5.74, 6) is 0.108. The minimum Gasteiger partial charge on any atom is -0.351 e. The molecule has 32 heavy (non-hydrogen) atoms. The van der Waals surface area contributed by atoms with Crippen molar-refractivity contribution in [1.82, 2.24) is 15.2 Å². The number of aromatic nitrogens is 1. The fraction of sp³-hybridized carbons (Fsp3) is 0.296. The van der Waals surface area contributed by atoms with Gasteiger partial charge in [-0.3, -0.25) is 14.6 Å². The quantitative estimate of drug-likeness (QED) is 0.614. The summed E-state index contributed by atoms with van der Waals surface area (Å²) in [6.45, 7) is 3.41. The molecule has 0 unspecified atom stereocenters. The summed E-state index contributed by atoms with van der Waals surface area (Å²) in [6.07, 6.45) is 5.29. The molecule has 1 aliphatic rings. The van der Waals surface area contributed by atoms with Crippen LogP contribution in [0.25, 0.3) is 11.1 Å². The summed E-state index contributed by atoms with van der Waals surface area (Å²) in [5, 5.41) is 3.15. The number of amides is 2. The van der Waals surface area contributed by atoms with Crippen LogP contribution in [-0.2, 0) is 22.6 Å². The summed E-state index contributed by atoms with van der Waals surface area (Å²) >= 11 is 0. The smallest absolute Gasteiger partial charge is 0.228 e. The Hall–Kier alpha value is -3.47. The molecule has 2 aromatic carbocycles. The van der Waals surface area contributed by atoms with Gasteiger partial charge in [0.15, 0.2) is 0 Å². The molecule has 2 heterocycles. The first-order valence-electron chi connectivity index (χ1n) is 11.2. The third kappa shape index (κ3) is 4.72. The maximum absolute atomic E-state index is 13.6. The number of nitrogens with one attached hydrogen (secondary N) is 1. The van der Waals surface area contributed by atoms with Crippen LogP contribution in [0, 0.1) is 5.41 Å². The van der Waals surface area contributed by atoms with Crippen LogP contribution in [0.5, 0.6) is 0 Å². The summed E-state index contributed by atoms with van der Waals surface area (Å²) in [6, 6.07) is 22.1. The van der Waals surface area contributed by atoms with Gasteiger partial charge in [0.05, 0.1) is 5.41 Å². The van der Waals surface area contributed by atoms with E-state index in [4.69, 9.17) is 0 Å². The summed E-state index contributed by atoms with van der Waals surface area (Å²) in [7, 11) is 0. The predicted molar refractivity (Wildman–Crippen MR) is 126 cm³/mol. The molecule has 1 N–H and O–H groups in total. The highest BCUT2D eigenvalue weighted by Crippen LogP contribution is 2.37. The third-order valence-electron chi connectivity index (χ3n) is 6.31. The predicted octanol–water partition coefficient (Wildman–Crippen LogP) is 4.24. The Morgan fingerprint density at radius 3 is 2.56 bits per heavy atom. The van der Waals surface area contributed by atoms with Crippen molar-refractivity contribution in [2.75, 3.05) is 13.1 Å². The molecular formula is C27H29N3O2. The second-order valence-corrected chi connectivity index (χ2v) is 8.44. The number of benzene rings is 2. The minimum absolute atomic E-state index is 0.00810. The lowest BCUT2D eigenvalue weighted by Crippen LogP contribution is -2.45. The van der Waals surface area contributed by atoms with Crippen molar-refractivity contribution in [2.45, 2.75) is 32.7 Å². The lowest BCUT2D eigenvalue weighted by atomic mass is 9.78. The number of nitrogens with zero attached hydrogens (tertiary/aromatic N) is 2. The van der Waals surface area contributed by atoms with Gasteiger partial charge in [0.2, 0.25) is 11.8 Å². The molecule has 1 saturated heterocycles. The molecule has 0 aliphatic carbocycles. The second kappa shape index (κ2) is 9.77. The van der Waals surface area contributed by atoms with Crippen molar-refractivity contribution in [1.29, 1.82) is 0 Å². The minimum atomic E-state index is -0.655. The van der Waals surface area contributed by atoms with Gasteiger partial charge in [-0.25, -0.2) is 0 Å². The van der Waals surface area contributed by atoms with Crippen molar-refractivity contribution in [3.05, 3.63) is 90.3 Å². The van der Waals surface area contributed by atoms with E-state index in [9.17, 15) is 9.59 Å². The molecule has 1 fully saturated rings. The van der Waals surface area contributed by atoms with E-state index in [1.54, 1.807) is 6.20 Å². The lowest BCUT2D eigenvalue weighted by molar-refractivity contribution is -0.133. The Balaban J connectivity index is 1.62. The van der Waals surface area contributed by atoms with Gasteiger partial charge in [0.25, 0.3) is 0 Å². The van der Waals surface area contributed by atoms with Crippen LogP contribution in [0.15, 0.2) is 79.1 Å². The molecule has 164 valence electrons. The normalized spacial score (nSPS) is 17.8. The zero-order valence-electron chi connectivity index (χ0n) is 18.5. The molecule has 0 radical (unpaired) electrons.